The minimum absolute atomic E-state index is 0.0598. The fourth-order valence-electron chi connectivity index (χ4n) is 1.39. The molecule has 7 nitrogen and oxygen atoms in total. The molecule has 2 unspecified atom stereocenters. The molecule has 5 N–H and O–H groups in total. The smallest absolute Gasteiger partial charge is 0.303 e. The normalized spacial score (nSPS) is 15.9. The minimum atomic E-state index is -1.79. The second kappa shape index (κ2) is 11.7. The lowest BCUT2D eigenvalue weighted by Crippen LogP contribution is -2.31. The van der Waals surface area contributed by atoms with Gasteiger partial charge in [-0.2, -0.15) is 0 Å². The molecule has 0 aliphatic heterocycles. The monoisotopic (exact) mass is 315 g/mol. The minimum Gasteiger partial charge on any atom is -0.481 e. The van der Waals surface area contributed by atoms with Crippen molar-refractivity contribution in [3.63, 3.8) is 0 Å². The maximum Gasteiger partial charge on any atom is 0.303 e. The Labute approximate surface area is 118 Å². The molecule has 0 spiro atoms. The van der Waals surface area contributed by atoms with Crippen LogP contribution in [0, 0.1) is 0 Å². The van der Waals surface area contributed by atoms with Gasteiger partial charge in [0.15, 0.2) is 0 Å². The van der Waals surface area contributed by atoms with Gasteiger partial charge >= 0.3 is 5.97 Å². The van der Waals surface area contributed by atoms with Gasteiger partial charge < -0.3 is 24.9 Å². The van der Waals surface area contributed by atoms with Crippen LogP contribution < -0.4 is 5.09 Å². The predicted octanol–water partition coefficient (Wildman–Crippen LogP) is -0.542. The molecule has 0 aromatic heterocycles. The molecule has 0 saturated carbocycles. The Morgan fingerprint density at radius 1 is 1.37 bits per heavy atom. The van der Waals surface area contributed by atoms with Crippen molar-refractivity contribution in [2.45, 2.75) is 37.9 Å². The molecule has 0 radical (unpaired) electrons. The second-order valence-electron chi connectivity index (χ2n) is 3.98. The molecule has 114 valence electrons. The third kappa shape index (κ3) is 10.4. The van der Waals surface area contributed by atoms with Crippen LogP contribution >= 0.6 is 7.07 Å². The number of nitrogens with one attached hydrogen (secondary N) is 1. The summed E-state index contributed by atoms with van der Waals surface area (Å²) in [5, 5.41) is 38.8. The SMILES string of the molecule is O=C(O)CCCCC(O)[C@H](CO)O[PH](=S)NCCO. The molecule has 0 aromatic rings. The fraction of sp³-hybridized carbons (Fsp3) is 0.900. The molecule has 0 aliphatic carbocycles. The number of carboxylic acid groups (broad SMARTS) is 1. The molecular formula is C10H22NO6PS. The van der Waals surface area contributed by atoms with E-state index in [2.05, 4.69) is 5.09 Å². The summed E-state index contributed by atoms with van der Waals surface area (Å²) in [6.45, 7) is -0.105. The zero-order chi connectivity index (χ0) is 14.7. The van der Waals surface area contributed by atoms with E-state index in [0.29, 0.717) is 25.8 Å². The van der Waals surface area contributed by atoms with E-state index in [1.165, 1.54) is 0 Å². The van der Waals surface area contributed by atoms with Gasteiger partial charge in [0.25, 0.3) is 0 Å². The first-order valence-corrected chi connectivity index (χ1v) is 8.61. The Bertz CT molecular complexity index is 281. The standard InChI is InChI=1S/C10H22NO6PS/c12-6-5-11-18(19)17-9(7-13)8(14)3-1-2-4-10(15)16/h8-9,12-14,18H,1-7H2,(H,11,19)(H,15,16)/t8?,9-/m0/s1. The zero-order valence-corrected chi connectivity index (χ0v) is 12.4. The third-order valence-electron chi connectivity index (χ3n) is 2.39. The average Bonchev–Trinajstić information content (AvgIpc) is 2.38. The van der Waals surface area contributed by atoms with Gasteiger partial charge in [0.1, 0.15) is 13.2 Å². The van der Waals surface area contributed by atoms with Crippen molar-refractivity contribution in [3.8, 4) is 0 Å². The van der Waals surface area contributed by atoms with Gasteiger partial charge in [0.2, 0.25) is 0 Å². The van der Waals surface area contributed by atoms with Crippen LogP contribution in [0.25, 0.3) is 0 Å². The van der Waals surface area contributed by atoms with Crippen LogP contribution in [-0.2, 0) is 21.1 Å². The average molecular weight is 315 g/mol. The molecule has 0 amide bonds. The lowest BCUT2D eigenvalue weighted by Gasteiger charge is -2.22. The molecule has 0 bridgehead atoms. The van der Waals surface area contributed by atoms with Crippen molar-refractivity contribution in [3.05, 3.63) is 0 Å². The summed E-state index contributed by atoms with van der Waals surface area (Å²) in [5.74, 6) is -0.867. The van der Waals surface area contributed by atoms with E-state index in [4.69, 9.17) is 31.7 Å². The van der Waals surface area contributed by atoms with Crippen molar-refractivity contribution in [1.82, 2.24) is 5.09 Å². The lowest BCUT2D eigenvalue weighted by atomic mass is 10.1. The topological polar surface area (TPSA) is 119 Å². The Kier molecular flexibility index (Phi) is 11.7. The highest BCUT2D eigenvalue weighted by Gasteiger charge is 2.20. The summed E-state index contributed by atoms with van der Waals surface area (Å²) in [6.07, 6.45) is -0.232. The molecule has 0 fully saturated rings. The number of carbonyl (C=O) groups is 1. The maximum atomic E-state index is 10.3. The van der Waals surface area contributed by atoms with Gasteiger partial charge in [0, 0.05) is 13.0 Å². The van der Waals surface area contributed by atoms with Gasteiger partial charge in [0.05, 0.1) is 19.3 Å². The predicted molar refractivity (Wildman–Crippen MR) is 74.8 cm³/mol. The number of aliphatic carboxylic acids is 1. The third-order valence-corrected chi connectivity index (χ3v) is 4.17. The molecule has 19 heavy (non-hydrogen) atoms. The van der Waals surface area contributed by atoms with Crippen LogP contribution in [0.15, 0.2) is 0 Å². The largest absolute Gasteiger partial charge is 0.481 e. The van der Waals surface area contributed by atoms with E-state index in [-0.39, 0.29) is 19.6 Å². The van der Waals surface area contributed by atoms with E-state index in [9.17, 15) is 9.90 Å². The first-order chi connectivity index (χ1) is 9.01. The quantitative estimate of drug-likeness (QED) is 0.241. The molecular weight excluding hydrogens is 293 g/mol. The number of unbranched alkanes of at least 4 members (excludes halogenated alkanes) is 1. The molecule has 0 heterocycles. The van der Waals surface area contributed by atoms with Crippen LogP contribution in [0.3, 0.4) is 0 Å². The summed E-state index contributed by atoms with van der Waals surface area (Å²) in [7, 11) is -1.79. The van der Waals surface area contributed by atoms with Gasteiger partial charge in [-0.25, -0.2) is 0 Å². The zero-order valence-electron chi connectivity index (χ0n) is 10.6. The number of rotatable bonds is 12. The lowest BCUT2D eigenvalue weighted by molar-refractivity contribution is -0.137. The van der Waals surface area contributed by atoms with Crippen LogP contribution in [0.2, 0.25) is 0 Å². The van der Waals surface area contributed by atoms with Crippen LogP contribution in [0.5, 0.6) is 0 Å². The molecule has 0 rings (SSSR count). The van der Waals surface area contributed by atoms with Gasteiger partial charge in [-0.15, -0.1) is 0 Å². The number of aliphatic hydroxyl groups is 3. The first kappa shape index (κ1) is 18.9. The highest BCUT2D eigenvalue weighted by Crippen LogP contribution is 2.22. The van der Waals surface area contributed by atoms with Crippen molar-refractivity contribution in [2.75, 3.05) is 19.8 Å². The Hall–Kier alpha value is -0.0800. The summed E-state index contributed by atoms with van der Waals surface area (Å²) in [4.78, 5) is 10.3. The molecule has 9 heteroatoms. The van der Waals surface area contributed by atoms with Crippen LogP contribution in [-0.4, -0.2) is 58.4 Å². The van der Waals surface area contributed by atoms with Crippen molar-refractivity contribution < 1.29 is 29.7 Å². The van der Waals surface area contributed by atoms with E-state index >= 15 is 0 Å². The molecule has 0 saturated heterocycles. The van der Waals surface area contributed by atoms with Gasteiger partial charge in [-0.3, -0.25) is 9.88 Å². The highest BCUT2D eigenvalue weighted by molar-refractivity contribution is 8.02. The van der Waals surface area contributed by atoms with E-state index in [1.807, 2.05) is 0 Å². The van der Waals surface area contributed by atoms with Crippen molar-refractivity contribution in [1.29, 1.82) is 0 Å². The van der Waals surface area contributed by atoms with E-state index in [0.717, 1.165) is 0 Å². The summed E-state index contributed by atoms with van der Waals surface area (Å²) >= 11 is 4.99. The Balaban J connectivity index is 3.92. The molecule has 0 aliphatic rings. The Morgan fingerprint density at radius 3 is 2.58 bits per heavy atom. The van der Waals surface area contributed by atoms with Crippen LogP contribution in [0.1, 0.15) is 25.7 Å². The summed E-state index contributed by atoms with van der Waals surface area (Å²) in [5.41, 5.74) is 0. The first-order valence-electron chi connectivity index (χ1n) is 6.07. The highest BCUT2D eigenvalue weighted by atomic mass is 32.4. The number of carboxylic acids is 1. The number of aliphatic hydroxyl groups excluding tert-OH is 3. The van der Waals surface area contributed by atoms with Crippen LogP contribution in [0.4, 0.5) is 0 Å². The molecule has 3 atom stereocenters. The Morgan fingerprint density at radius 2 is 2.05 bits per heavy atom. The van der Waals surface area contributed by atoms with E-state index in [1.54, 1.807) is 0 Å². The molecule has 0 aromatic carbocycles. The van der Waals surface area contributed by atoms with Crippen molar-refractivity contribution >= 4 is 24.9 Å². The number of hydrogen-bond acceptors (Lipinski definition) is 6. The van der Waals surface area contributed by atoms with E-state index < -0.39 is 25.3 Å². The fourth-order valence-corrected chi connectivity index (χ4v) is 2.97. The maximum absolute atomic E-state index is 10.3. The summed E-state index contributed by atoms with van der Waals surface area (Å²) < 4.78 is 5.32. The second-order valence-corrected chi connectivity index (χ2v) is 6.26. The van der Waals surface area contributed by atoms with Gasteiger partial charge in [-0.05, 0) is 12.8 Å². The summed E-state index contributed by atoms with van der Waals surface area (Å²) in [6, 6.07) is 0. The van der Waals surface area contributed by atoms with Gasteiger partial charge in [-0.1, -0.05) is 18.2 Å². The number of hydrogen-bond donors (Lipinski definition) is 5. The van der Waals surface area contributed by atoms with Crippen molar-refractivity contribution in [2.24, 2.45) is 0 Å².